The van der Waals surface area contributed by atoms with Crippen molar-refractivity contribution in [2.24, 2.45) is 11.3 Å². The topological polar surface area (TPSA) is 3.24 Å². The number of thiol groups is 1. The zero-order valence-corrected chi connectivity index (χ0v) is 11.5. The SMILES string of the molecule is CC(C)CN(C)CC1(CS)CCCCC1. The fraction of sp³-hybridized carbons (Fsp3) is 1.00. The lowest BCUT2D eigenvalue weighted by Gasteiger charge is -2.39. The average Bonchev–Trinajstić information content (AvgIpc) is 2.17. The molecule has 1 saturated carbocycles. The molecule has 0 heterocycles. The monoisotopic (exact) mass is 229 g/mol. The molecule has 90 valence electrons. The van der Waals surface area contributed by atoms with Gasteiger partial charge in [0, 0.05) is 13.1 Å². The third kappa shape index (κ3) is 4.36. The third-order valence-corrected chi connectivity index (χ3v) is 4.20. The normalized spacial score (nSPS) is 21.2. The minimum atomic E-state index is 0.519. The molecule has 1 aliphatic rings. The number of nitrogens with zero attached hydrogens (tertiary/aromatic N) is 1. The first-order chi connectivity index (χ1) is 7.08. The van der Waals surface area contributed by atoms with Gasteiger partial charge in [0.2, 0.25) is 0 Å². The largest absolute Gasteiger partial charge is 0.306 e. The van der Waals surface area contributed by atoms with E-state index in [0.717, 1.165) is 11.7 Å². The maximum atomic E-state index is 4.59. The van der Waals surface area contributed by atoms with E-state index in [-0.39, 0.29) is 0 Å². The van der Waals surface area contributed by atoms with Crippen molar-refractivity contribution in [3.05, 3.63) is 0 Å². The van der Waals surface area contributed by atoms with Crippen molar-refractivity contribution in [3.8, 4) is 0 Å². The Hall–Kier alpha value is 0.310. The summed E-state index contributed by atoms with van der Waals surface area (Å²) in [6, 6.07) is 0. The Morgan fingerprint density at radius 3 is 2.27 bits per heavy atom. The van der Waals surface area contributed by atoms with Crippen LogP contribution in [-0.2, 0) is 0 Å². The van der Waals surface area contributed by atoms with Gasteiger partial charge >= 0.3 is 0 Å². The zero-order chi connectivity index (χ0) is 11.3. The van der Waals surface area contributed by atoms with Crippen LogP contribution in [0.4, 0.5) is 0 Å². The first kappa shape index (κ1) is 13.4. The van der Waals surface area contributed by atoms with Gasteiger partial charge < -0.3 is 4.90 Å². The highest BCUT2D eigenvalue weighted by molar-refractivity contribution is 7.80. The summed E-state index contributed by atoms with van der Waals surface area (Å²) in [5, 5.41) is 0. The van der Waals surface area contributed by atoms with Crippen molar-refractivity contribution in [2.45, 2.75) is 46.0 Å². The van der Waals surface area contributed by atoms with Crippen LogP contribution < -0.4 is 0 Å². The molecule has 1 rings (SSSR count). The molecule has 0 aromatic carbocycles. The Bertz CT molecular complexity index is 173. The van der Waals surface area contributed by atoms with Gasteiger partial charge in [-0.2, -0.15) is 12.6 Å². The molecule has 1 fully saturated rings. The van der Waals surface area contributed by atoms with Gasteiger partial charge in [0.25, 0.3) is 0 Å². The van der Waals surface area contributed by atoms with Gasteiger partial charge in [-0.3, -0.25) is 0 Å². The fourth-order valence-electron chi connectivity index (χ4n) is 2.93. The highest BCUT2D eigenvalue weighted by Crippen LogP contribution is 2.37. The Kier molecular flexibility index (Phi) is 5.48. The van der Waals surface area contributed by atoms with E-state index in [2.05, 4.69) is 38.4 Å². The summed E-state index contributed by atoms with van der Waals surface area (Å²) in [5.74, 6) is 1.84. The van der Waals surface area contributed by atoms with Gasteiger partial charge in [-0.1, -0.05) is 33.1 Å². The van der Waals surface area contributed by atoms with E-state index < -0.39 is 0 Å². The molecular formula is C13H27NS. The molecule has 0 spiro atoms. The van der Waals surface area contributed by atoms with E-state index >= 15 is 0 Å². The molecule has 2 heteroatoms. The van der Waals surface area contributed by atoms with Crippen molar-refractivity contribution < 1.29 is 0 Å². The molecule has 1 nitrogen and oxygen atoms in total. The van der Waals surface area contributed by atoms with Crippen molar-refractivity contribution in [1.29, 1.82) is 0 Å². The van der Waals surface area contributed by atoms with Gasteiger partial charge in [0.15, 0.2) is 0 Å². The lowest BCUT2D eigenvalue weighted by molar-refractivity contribution is 0.136. The Balaban J connectivity index is 2.43. The van der Waals surface area contributed by atoms with Gasteiger partial charge in [-0.15, -0.1) is 0 Å². The highest BCUT2D eigenvalue weighted by atomic mass is 32.1. The Morgan fingerprint density at radius 1 is 1.20 bits per heavy atom. The van der Waals surface area contributed by atoms with Crippen molar-refractivity contribution in [3.63, 3.8) is 0 Å². The van der Waals surface area contributed by atoms with E-state index in [1.807, 2.05) is 0 Å². The number of hydrogen-bond donors (Lipinski definition) is 1. The maximum Gasteiger partial charge on any atom is 0.00429 e. The molecule has 0 N–H and O–H groups in total. The molecule has 0 aromatic heterocycles. The van der Waals surface area contributed by atoms with Crippen LogP contribution in [0.2, 0.25) is 0 Å². The van der Waals surface area contributed by atoms with Gasteiger partial charge in [0.05, 0.1) is 0 Å². The lowest BCUT2D eigenvalue weighted by Crippen LogP contribution is -2.40. The molecule has 0 bridgehead atoms. The summed E-state index contributed by atoms with van der Waals surface area (Å²) in [4.78, 5) is 2.51. The van der Waals surface area contributed by atoms with E-state index in [4.69, 9.17) is 0 Å². The van der Waals surface area contributed by atoms with Crippen LogP contribution in [-0.4, -0.2) is 30.8 Å². The first-order valence-electron chi connectivity index (χ1n) is 6.37. The van der Waals surface area contributed by atoms with E-state index in [0.29, 0.717) is 5.41 Å². The molecule has 1 aliphatic carbocycles. The minimum absolute atomic E-state index is 0.519. The Labute approximate surface area is 101 Å². The zero-order valence-electron chi connectivity index (χ0n) is 10.6. The Morgan fingerprint density at radius 2 is 1.80 bits per heavy atom. The van der Waals surface area contributed by atoms with Crippen LogP contribution in [0.3, 0.4) is 0 Å². The fourth-order valence-corrected chi connectivity index (χ4v) is 3.34. The van der Waals surface area contributed by atoms with Crippen LogP contribution in [0.5, 0.6) is 0 Å². The van der Waals surface area contributed by atoms with Gasteiger partial charge in [-0.25, -0.2) is 0 Å². The van der Waals surface area contributed by atoms with Crippen LogP contribution >= 0.6 is 12.6 Å². The van der Waals surface area contributed by atoms with E-state index in [1.54, 1.807) is 0 Å². The summed E-state index contributed by atoms with van der Waals surface area (Å²) >= 11 is 4.59. The second-order valence-corrected chi connectivity index (χ2v) is 6.13. The lowest BCUT2D eigenvalue weighted by atomic mass is 9.75. The molecule has 0 aromatic rings. The third-order valence-electron chi connectivity index (χ3n) is 3.53. The molecule has 0 unspecified atom stereocenters. The highest BCUT2D eigenvalue weighted by Gasteiger charge is 2.31. The van der Waals surface area contributed by atoms with Crippen LogP contribution in [0, 0.1) is 11.3 Å². The maximum absolute atomic E-state index is 4.59. The molecule has 0 atom stereocenters. The number of rotatable bonds is 5. The predicted octanol–water partition coefficient (Wildman–Crippen LogP) is 3.45. The second-order valence-electron chi connectivity index (χ2n) is 5.81. The smallest absolute Gasteiger partial charge is 0.00429 e. The van der Waals surface area contributed by atoms with Crippen molar-refractivity contribution in [2.75, 3.05) is 25.9 Å². The van der Waals surface area contributed by atoms with Crippen LogP contribution in [0.1, 0.15) is 46.0 Å². The molecular weight excluding hydrogens is 202 g/mol. The molecule has 0 saturated heterocycles. The van der Waals surface area contributed by atoms with Crippen molar-refractivity contribution >= 4 is 12.6 Å². The molecule has 0 radical (unpaired) electrons. The van der Waals surface area contributed by atoms with Gasteiger partial charge in [0.1, 0.15) is 0 Å². The minimum Gasteiger partial charge on any atom is -0.306 e. The molecule has 0 aliphatic heterocycles. The quantitative estimate of drug-likeness (QED) is 0.707. The van der Waals surface area contributed by atoms with Crippen LogP contribution in [0.15, 0.2) is 0 Å². The van der Waals surface area contributed by atoms with Gasteiger partial charge in [-0.05, 0) is 37.0 Å². The average molecular weight is 229 g/mol. The summed E-state index contributed by atoms with van der Waals surface area (Å²) in [5.41, 5.74) is 0.519. The molecule has 15 heavy (non-hydrogen) atoms. The molecule has 0 amide bonds. The second kappa shape index (κ2) is 6.15. The predicted molar refractivity (Wildman–Crippen MR) is 71.7 cm³/mol. The summed E-state index contributed by atoms with van der Waals surface area (Å²) in [7, 11) is 2.26. The van der Waals surface area contributed by atoms with Crippen molar-refractivity contribution in [1.82, 2.24) is 4.90 Å². The van der Waals surface area contributed by atoms with Crippen LogP contribution in [0.25, 0.3) is 0 Å². The number of hydrogen-bond acceptors (Lipinski definition) is 2. The standard InChI is InChI=1S/C13H27NS/c1-12(2)9-14(3)10-13(11-15)7-5-4-6-8-13/h12,15H,4-11H2,1-3H3. The summed E-state index contributed by atoms with van der Waals surface area (Å²) in [6.45, 7) is 7.06. The summed E-state index contributed by atoms with van der Waals surface area (Å²) < 4.78 is 0. The van der Waals surface area contributed by atoms with E-state index in [1.165, 1.54) is 45.2 Å². The van der Waals surface area contributed by atoms with E-state index in [9.17, 15) is 0 Å². The first-order valence-corrected chi connectivity index (χ1v) is 7.01. The summed E-state index contributed by atoms with van der Waals surface area (Å²) in [6.07, 6.45) is 7.04.